The van der Waals surface area contributed by atoms with Crippen LogP contribution in [0.4, 0.5) is 10.1 Å². The zero-order valence-corrected chi connectivity index (χ0v) is 17.6. The molecule has 164 valence electrons. The lowest BCUT2D eigenvalue weighted by Gasteiger charge is -2.20. The number of benzene rings is 3. The van der Waals surface area contributed by atoms with Gasteiger partial charge in [-0.25, -0.2) is 4.39 Å². The largest absolute Gasteiger partial charge is 0.496 e. The number of rotatable bonds is 6. The van der Waals surface area contributed by atoms with E-state index in [0.717, 1.165) is 11.1 Å². The maximum atomic E-state index is 13.1. The van der Waals surface area contributed by atoms with Crippen molar-refractivity contribution >= 4 is 17.5 Å². The molecule has 1 N–H and O–H groups in total. The van der Waals surface area contributed by atoms with Crippen molar-refractivity contribution < 1.29 is 23.5 Å². The van der Waals surface area contributed by atoms with Gasteiger partial charge < -0.3 is 19.7 Å². The van der Waals surface area contributed by atoms with E-state index in [0.29, 0.717) is 42.3 Å². The van der Waals surface area contributed by atoms with Gasteiger partial charge in [0.15, 0.2) is 6.61 Å². The summed E-state index contributed by atoms with van der Waals surface area (Å²) in [4.78, 5) is 27.0. The van der Waals surface area contributed by atoms with Crippen molar-refractivity contribution in [1.82, 2.24) is 4.90 Å². The predicted molar refractivity (Wildman–Crippen MR) is 118 cm³/mol. The summed E-state index contributed by atoms with van der Waals surface area (Å²) < 4.78 is 24.1. The van der Waals surface area contributed by atoms with E-state index in [4.69, 9.17) is 9.47 Å². The molecule has 0 atom stereocenters. The van der Waals surface area contributed by atoms with Gasteiger partial charge in [0.1, 0.15) is 17.3 Å². The molecule has 6 nitrogen and oxygen atoms in total. The molecule has 32 heavy (non-hydrogen) atoms. The fraction of sp³-hybridized carbons (Fsp3) is 0.200. The summed E-state index contributed by atoms with van der Waals surface area (Å²) >= 11 is 0. The second kappa shape index (κ2) is 9.51. The first-order valence-corrected chi connectivity index (χ1v) is 10.3. The van der Waals surface area contributed by atoms with E-state index in [-0.39, 0.29) is 24.2 Å². The van der Waals surface area contributed by atoms with Crippen LogP contribution in [0.1, 0.15) is 21.5 Å². The Morgan fingerprint density at radius 1 is 1.12 bits per heavy atom. The summed E-state index contributed by atoms with van der Waals surface area (Å²) in [6, 6.07) is 18.5. The highest BCUT2D eigenvalue weighted by molar-refractivity contribution is 6.06. The maximum Gasteiger partial charge on any atom is 0.260 e. The van der Waals surface area contributed by atoms with Crippen molar-refractivity contribution in [2.75, 3.05) is 25.6 Å². The topological polar surface area (TPSA) is 67.9 Å². The average molecular weight is 434 g/mol. The lowest BCUT2D eigenvalue weighted by Crippen LogP contribution is -2.34. The van der Waals surface area contributed by atoms with Gasteiger partial charge in [0.05, 0.1) is 12.7 Å². The number of halogens is 1. The summed E-state index contributed by atoms with van der Waals surface area (Å²) in [7, 11) is 1.52. The van der Waals surface area contributed by atoms with Crippen LogP contribution in [0.25, 0.3) is 0 Å². The first-order chi connectivity index (χ1) is 15.5. The van der Waals surface area contributed by atoms with Gasteiger partial charge in [0.2, 0.25) is 0 Å². The fourth-order valence-electron chi connectivity index (χ4n) is 3.60. The van der Waals surface area contributed by atoms with Gasteiger partial charge in [-0.15, -0.1) is 0 Å². The number of anilines is 1. The number of nitrogens with zero attached hydrogens (tertiary/aromatic N) is 1. The Balaban J connectivity index is 1.48. The zero-order valence-electron chi connectivity index (χ0n) is 17.6. The highest BCUT2D eigenvalue weighted by atomic mass is 19.1. The lowest BCUT2D eigenvalue weighted by atomic mass is 10.1. The molecule has 3 aromatic rings. The number of methoxy groups -OCH3 is 1. The van der Waals surface area contributed by atoms with Gasteiger partial charge in [-0.1, -0.05) is 24.3 Å². The molecule has 4 rings (SSSR count). The minimum atomic E-state index is -0.291. The Kier molecular flexibility index (Phi) is 6.35. The van der Waals surface area contributed by atoms with Crippen LogP contribution >= 0.6 is 0 Å². The molecule has 3 aromatic carbocycles. The van der Waals surface area contributed by atoms with Crippen LogP contribution in [-0.4, -0.2) is 37.0 Å². The van der Waals surface area contributed by atoms with Gasteiger partial charge >= 0.3 is 0 Å². The van der Waals surface area contributed by atoms with Gasteiger partial charge in [-0.2, -0.15) is 0 Å². The predicted octanol–water partition coefficient (Wildman–Crippen LogP) is 4.05. The summed E-state index contributed by atoms with van der Waals surface area (Å²) in [5.41, 5.74) is 2.77. The van der Waals surface area contributed by atoms with E-state index in [1.807, 2.05) is 6.07 Å². The number of carbonyl (C=O) groups is 2. The molecule has 1 aliphatic rings. The van der Waals surface area contributed by atoms with Gasteiger partial charge in [-0.3, -0.25) is 9.59 Å². The van der Waals surface area contributed by atoms with Gasteiger partial charge in [0, 0.05) is 24.3 Å². The smallest absolute Gasteiger partial charge is 0.260 e. The summed E-state index contributed by atoms with van der Waals surface area (Å²) in [6.45, 7) is 0.780. The third-order valence-corrected chi connectivity index (χ3v) is 5.32. The molecular weight excluding hydrogens is 411 g/mol. The van der Waals surface area contributed by atoms with Crippen molar-refractivity contribution in [3.63, 3.8) is 0 Å². The molecule has 1 aliphatic heterocycles. The van der Waals surface area contributed by atoms with Crippen LogP contribution in [0.15, 0.2) is 66.7 Å². The minimum Gasteiger partial charge on any atom is -0.496 e. The molecule has 0 saturated carbocycles. The highest BCUT2D eigenvalue weighted by Crippen LogP contribution is 2.28. The number of amides is 2. The van der Waals surface area contributed by atoms with E-state index < -0.39 is 0 Å². The molecule has 0 unspecified atom stereocenters. The quantitative estimate of drug-likeness (QED) is 0.636. The minimum absolute atomic E-state index is 0.0522. The van der Waals surface area contributed by atoms with Crippen LogP contribution in [-0.2, 0) is 17.8 Å². The van der Waals surface area contributed by atoms with Gasteiger partial charge in [0.25, 0.3) is 11.8 Å². The van der Waals surface area contributed by atoms with Crippen molar-refractivity contribution in [2.45, 2.75) is 13.0 Å². The first-order valence-electron chi connectivity index (χ1n) is 10.3. The fourth-order valence-corrected chi connectivity index (χ4v) is 3.60. The number of nitrogens with one attached hydrogen (secondary N) is 1. The SMILES string of the molecule is COc1ccccc1C(=O)Nc1ccc2c(c1)CN(CCc1ccc(F)cc1)C(=O)CO2. The normalized spacial score (nSPS) is 13.1. The van der Waals surface area contributed by atoms with Crippen molar-refractivity contribution in [1.29, 1.82) is 0 Å². The first kappa shape index (κ1) is 21.4. The highest BCUT2D eigenvalue weighted by Gasteiger charge is 2.22. The third kappa shape index (κ3) is 4.88. The summed E-state index contributed by atoms with van der Waals surface area (Å²) in [6.07, 6.45) is 0.603. The summed E-state index contributed by atoms with van der Waals surface area (Å²) in [5, 5.41) is 2.88. The number of hydrogen-bond acceptors (Lipinski definition) is 4. The monoisotopic (exact) mass is 434 g/mol. The molecule has 0 aliphatic carbocycles. The van der Waals surface area contributed by atoms with E-state index >= 15 is 0 Å². The van der Waals surface area contributed by atoms with Crippen molar-refractivity contribution in [3.05, 3.63) is 89.2 Å². The van der Waals surface area contributed by atoms with Crippen LogP contribution in [0.3, 0.4) is 0 Å². The van der Waals surface area contributed by atoms with E-state index in [1.54, 1.807) is 53.4 Å². The average Bonchev–Trinajstić information content (AvgIpc) is 2.97. The van der Waals surface area contributed by atoms with Crippen LogP contribution < -0.4 is 14.8 Å². The van der Waals surface area contributed by atoms with Gasteiger partial charge in [-0.05, 0) is 54.4 Å². The zero-order chi connectivity index (χ0) is 22.5. The lowest BCUT2D eigenvalue weighted by molar-refractivity contribution is -0.133. The number of ether oxygens (including phenoxy) is 2. The Labute approximate surface area is 185 Å². The maximum absolute atomic E-state index is 13.1. The molecule has 1 heterocycles. The molecule has 0 spiro atoms. The molecule has 0 fully saturated rings. The standard InChI is InChI=1S/C25H23FN2O4/c1-31-23-5-3-2-4-21(23)25(30)27-20-10-11-22-18(14-20)15-28(24(29)16-32-22)13-12-17-6-8-19(26)9-7-17/h2-11,14H,12-13,15-16H2,1H3,(H,27,30). The number of carbonyl (C=O) groups excluding carboxylic acids is 2. The second-order valence-corrected chi connectivity index (χ2v) is 7.46. The second-order valence-electron chi connectivity index (χ2n) is 7.46. The Hall–Kier alpha value is -3.87. The van der Waals surface area contributed by atoms with Crippen LogP contribution in [0.2, 0.25) is 0 Å². The number of hydrogen-bond donors (Lipinski definition) is 1. The Morgan fingerprint density at radius 2 is 1.91 bits per heavy atom. The molecule has 0 bridgehead atoms. The van der Waals surface area contributed by atoms with E-state index in [2.05, 4.69) is 5.32 Å². The third-order valence-electron chi connectivity index (χ3n) is 5.32. The molecule has 2 amide bonds. The van der Waals surface area contributed by atoms with E-state index in [9.17, 15) is 14.0 Å². The van der Waals surface area contributed by atoms with Crippen LogP contribution in [0, 0.1) is 5.82 Å². The number of para-hydroxylation sites is 1. The van der Waals surface area contributed by atoms with Crippen molar-refractivity contribution in [2.24, 2.45) is 0 Å². The summed E-state index contributed by atoms with van der Waals surface area (Å²) in [5.74, 6) is 0.396. The molecular formula is C25H23FN2O4. The molecule has 7 heteroatoms. The molecule has 0 saturated heterocycles. The number of fused-ring (bicyclic) bond motifs is 1. The molecule has 0 aromatic heterocycles. The van der Waals surface area contributed by atoms with Crippen molar-refractivity contribution in [3.8, 4) is 11.5 Å². The Bertz CT molecular complexity index is 1130. The molecule has 0 radical (unpaired) electrons. The Morgan fingerprint density at radius 3 is 2.69 bits per heavy atom. The van der Waals surface area contributed by atoms with Crippen LogP contribution in [0.5, 0.6) is 11.5 Å². The van der Waals surface area contributed by atoms with E-state index in [1.165, 1.54) is 19.2 Å².